The molecule has 0 aliphatic heterocycles. The number of quaternary nitrogens is 1. The van der Waals surface area contributed by atoms with Crippen molar-refractivity contribution in [1.82, 2.24) is 0 Å². The Labute approximate surface area is 198 Å². The number of hydrogen-bond acceptors (Lipinski definition) is 1. The van der Waals surface area contributed by atoms with Gasteiger partial charge < -0.3 is 16.1 Å². The molecule has 6 heteroatoms. The summed E-state index contributed by atoms with van der Waals surface area (Å²) in [5.41, 5.74) is 0. The van der Waals surface area contributed by atoms with Gasteiger partial charge in [-0.15, -0.1) is 17.0 Å². The molecule has 0 unspecified atom stereocenters. The van der Waals surface area contributed by atoms with Gasteiger partial charge in [0.05, 0.1) is 26.2 Å². The minimum absolute atomic E-state index is 0. The Hall–Kier alpha value is 1.35. The molecule has 0 aromatic carbocycles. The van der Waals surface area contributed by atoms with Crippen molar-refractivity contribution in [3.05, 3.63) is 0 Å². The van der Waals surface area contributed by atoms with Gasteiger partial charge in [-0.2, -0.15) is 0 Å². The molecule has 2 N–H and O–H groups in total. The van der Waals surface area contributed by atoms with Crippen LogP contribution < -0.4 is 51.4 Å². The van der Waals surface area contributed by atoms with E-state index in [2.05, 4.69) is 27.7 Å². The van der Waals surface area contributed by atoms with Crippen LogP contribution in [0.1, 0.15) is 80.5 Å². The maximum Gasteiger partial charge on any atom is 1.00 e. The number of unbranched alkanes of at least 4 members (excludes halogenated alkanes) is 4. The first-order valence-electron chi connectivity index (χ1n) is 8.74. The summed E-state index contributed by atoms with van der Waals surface area (Å²) in [5.74, 6) is 0. The monoisotopic (exact) mass is 424 g/mol. The second-order valence-electron chi connectivity index (χ2n) is 5.93. The Bertz CT molecular complexity index is 208. The molecule has 0 fully saturated rings. The van der Waals surface area contributed by atoms with Crippen LogP contribution in [-0.4, -0.2) is 47.0 Å². The Morgan fingerprint density at radius 2 is 0.913 bits per heavy atom. The Morgan fingerprint density at radius 1 is 0.739 bits per heavy atom. The summed E-state index contributed by atoms with van der Waals surface area (Å²) in [4.78, 5) is 8.56. The van der Waals surface area contributed by atoms with Crippen molar-refractivity contribution in [3.8, 4) is 0 Å². The Kier molecular flexibility index (Phi) is 32.5. The van der Waals surface area contributed by atoms with Crippen molar-refractivity contribution in [2.24, 2.45) is 0 Å². The van der Waals surface area contributed by atoms with Crippen LogP contribution in [0.15, 0.2) is 0 Å². The molecule has 0 aromatic rings. The molecule has 0 aliphatic carbocycles. The van der Waals surface area contributed by atoms with Gasteiger partial charge in [-0.05, 0) is 25.7 Å². The fourth-order valence-corrected chi connectivity index (χ4v) is 2.64. The number of rotatable bonds is 12. The molecule has 0 radical (unpaired) electrons. The zero-order valence-electron chi connectivity index (χ0n) is 17.1. The van der Waals surface area contributed by atoms with Crippen molar-refractivity contribution in [2.45, 2.75) is 79.1 Å². The predicted molar refractivity (Wildman–Crippen MR) is 101 cm³/mol. The molecule has 0 saturated carbocycles. The normalized spacial score (nSPS) is 9.91. The van der Waals surface area contributed by atoms with Crippen LogP contribution in [0.3, 0.4) is 0 Å². The maximum atomic E-state index is 8.56. The molecule has 0 bridgehead atoms. The van der Waals surface area contributed by atoms with Crippen LogP contribution >= 0.6 is 17.0 Å². The van der Waals surface area contributed by atoms with E-state index in [0.29, 0.717) is 0 Å². The van der Waals surface area contributed by atoms with Gasteiger partial charge in [-0.25, -0.2) is 4.79 Å². The summed E-state index contributed by atoms with van der Waals surface area (Å²) in [7, 11) is 0. The van der Waals surface area contributed by atoms with E-state index in [-0.39, 0.29) is 69.8 Å². The van der Waals surface area contributed by atoms with E-state index in [9.17, 15) is 0 Å². The van der Waals surface area contributed by atoms with Gasteiger partial charge in [0.2, 0.25) is 0 Å². The zero-order valence-corrected chi connectivity index (χ0v) is 21.0. The molecule has 4 nitrogen and oxygen atoms in total. The SMILES string of the molecule is Br.CCCC[N+](CCCC)(CCCC)CCCC.O=C(O)O.[H-].[K+]. The summed E-state index contributed by atoms with van der Waals surface area (Å²) < 4.78 is 1.42. The fraction of sp³-hybridized carbons (Fsp3) is 0.941. The molecule has 138 valence electrons. The molecule has 23 heavy (non-hydrogen) atoms. The summed E-state index contributed by atoms with van der Waals surface area (Å²) in [6, 6.07) is 0. The third-order valence-corrected chi connectivity index (χ3v) is 3.94. The van der Waals surface area contributed by atoms with Crippen LogP contribution in [0.2, 0.25) is 0 Å². The number of halogens is 1. The van der Waals surface area contributed by atoms with Gasteiger partial charge in [0.25, 0.3) is 0 Å². The third kappa shape index (κ3) is 23.3. The van der Waals surface area contributed by atoms with E-state index in [0.717, 1.165) is 0 Å². The first kappa shape index (κ1) is 32.1. The van der Waals surface area contributed by atoms with Crippen LogP contribution in [0, 0.1) is 0 Å². The topological polar surface area (TPSA) is 57.5 Å². The predicted octanol–water partition coefficient (Wildman–Crippen LogP) is 2.92. The van der Waals surface area contributed by atoms with E-state index < -0.39 is 6.16 Å². The minimum Gasteiger partial charge on any atom is -1.00 e. The van der Waals surface area contributed by atoms with Crippen molar-refractivity contribution in [3.63, 3.8) is 0 Å². The van der Waals surface area contributed by atoms with Crippen molar-refractivity contribution >= 4 is 23.1 Å². The molecule has 0 atom stereocenters. The molecule has 0 aliphatic rings. The van der Waals surface area contributed by atoms with Gasteiger partial charge in [0.1, 0.15) is 0 Å². The smallest absolute Gasteiger partial charge is 1.00 e. The average Bonchev–Trinajstić information content (AvgIpc) is 2.45. The van der Waals surface area contributed by atoms with Crippen molar-refractivity contribution in [1.29, 1.82) is 0 Å². The molecule has 0 aromatic heterocycles. The maximum absolute atomic E-state index is 8.56. The third-order valence-electron chi connectivity index (χ3n) is 3.94. The summed E-state index contributed by atoms with van der Waals surface area (Å²) in [6.45, 7) is 15.0. The van der Waals surface area contributed by atoms with Gasteiger partial charge in [-0.1, -0.05) is 53.4 Å². The number of carboxylic acid groups (broad SMARTS) is 2. The Balaban J connectivity index is -0.000000154. The van der Waals surface area contributed by atoms with Crippen LogP contribution in [0.4, 0.5) is 4.79 Å². The molecule has 0 amide bonds. The van der Waals surface area contributed by atoms with Crippen molar-refractivity contribution in [2.75, 3.05) is 26.2 Å². The van der Waals surface area contributed by atoms with E-state index in [1.807, 2.05) is 0 Å². The fourth-order valence-electron chi connectivity index (χ4n) is 2.64. The largest absolute Gasteiger partial charge is 1.00 e. The first-order valence-corrected chi connectivity index (χ1v) is 8.74. The number of nitrogens with zero attached hydrogens (tertiary/aromatic N) is 1. The van der Waals surface area contributed by atoms with Crippen LogP contribution in [0.5, 0.6) is 0 Å². The van der Waals surface area contributed by atoms with Gasteiger partial charge in [0.15, 0.2) is 0 Å². The summed E-state index contributed by atoms with van der Waals surface area (Å²) in [5, 5.41) is 13.9. The van der Waals surface area contributed by atoms with E-state index in [1.54, 1.807) is 0 Å². The van der Waals surface area contributed by atoms with Crippen LogP contribution in [0.25, 0.3) is 0 Å². The van der Waals surface area contributed by atoms with Gasteiger partial charge in [0, 0.05) is 0 Å². The molecular weight excluding hydrogens is 385 g/mol. The van der Waals surface area contributed by atoms with Crippen LogP contribution in [-0.2, 0) is 0 Å². The quantitative estimate of drug-likeness (QED) is 0.373. The molecular formula is C17H40BrKNO3+. The zero-order chi connectivity index (χ0) is 16.6. The van der Waals surface area contributed by atoms with E-state index >= 15 is 0 Å². The standard InChI is InChI=1S/C16H36N.CH2O3.BrH.K.H/c1-5-9-13-17(14-10-6-2,15-11-7-3)16-12-8-4;2-1(3)4;;;/h5-16H2,1-4H3;(H2,2,3,4);1H;;/q+1;;;+1;-1. The van der Waals surface area contributed by atoms with Gasteiger partial charge in [-0.3, -0.25) is 0 Å². The Morgan fingerprint density at radius 3 is 1.04 bits per heavy atom. The summed E-state index contributed by atoms with van der Waals surface area (Å²) >= 11 is 0. The van der Waals surface area contributed by atoms with Crippen molar-refractivity contribution < 1.29 is 72.3 Å². The molecule has 0 heterocycles. The average molecular weight is 426 g/mol. The number of carbonyl (C=O) groups is 1. The molecule has 0 spiro atoms. The van der Waals surface area contributed by atoms with E-state index in [1.165, 1.54) is 82.0 Å². The van der Waals surface area contributed by atoms with Gasteiger partial charge >= 0.3 is 57.5 Å². The number of hydrogen-bond donors (Lipinski definition) is 2. The minimum atomic E-state index is -1.83. The first-order chi connectivity index (χ1) is 9.97. The molecule has 0 rings (SSSR count). The van der Waals surface area contributed by atoms with E-state index in [4.69, 9.17) is 15.0 Å². The molecule has 0 saturated heterocycles. The second kappa shape index (κ2) is 23.3. The summed E-state index contributed by atoms with van der Waals surface area (Å²) in [6.07, 6.45) is 9.23. The second-order valence-corrected chi connectivity index (χ2v) is 5.93.